The van der Waals surface area contributed by atoms with Gasteiger partial charge < -0.3 is 5.32 Å². The summed E-state index contributed by atoms with van der Waals surface area (Å²) in [5.74, 6) is 0.320. The molecule has 0 saturated heterocycles. The van der Waals surface area contributed by atoms with Crippen molar-refractivity contribution in [2.75, 3.05) is 13.1 Å². The standard InChI is InChI=1S/C14H26N2O2S2/c1-6-16(10-11(2)3)20(17,18)14-7-8-19-13(14)9-15-12(4)5/h7-8,11-12,15H,6,9-10H2,1-5H3. The van der Waals surface area contributed by atoms with Gasteiger partial charge in [-0.25, -0.2) is 8.42 Å². The average Bonchev–Trinajstić information content (AvgIpc) is 2.81. The van der Waals surface area contributed by atoms with Gasteiger partial charge in [-0.2, -0.15) is 4.31 Å². The van der Waals surface area contributed by atoms with Gasteiger partial charge in [0.25, 0.3) is 0 Å². The van der Waals surface area contributed by atoms with Crippen molar-refractivity contribution in [1.29, 1.82) is 0 Å². The molecular formula is C14H26N2O2S2. The van der Waals surface area contributed by atoms with Crippen LogP contribution in [-0.2, 0) is 16.6 Å². The third-order valence-corrected chi connectivity index (χ3v) is 5.99. The Balaban J connectivity index is 3.00. The lowest BCUT2D eigenvalue weighted by molar-refractivity contribution is 0.380. The molecule has 0 amide bonds. The fraction of sp³-hybridized carbons (Fsp3) is 0.714. The SMILES string of the molecule is CCN(CC(C)C)S(=O)(=O)c1ccsc1CNC(C)C. The molecule has 0 aliphatic rings. The first-order valence-electron chi connectivity index (χ1n) is 7.08. The molecule has 0 aromatic carbocycles. The van der Waals surface area contributed by atoms with Gasteiger partial charge in [0.15, 0.2) is 0 Å². The zero-order valence-electron chi connectivity index (χ0n) is 13.0. The Bertz CT molecular complexity index is 507. The van der Waals surface area contributed by atoms with Crippen LogP contribution in [0.2, 0.25) is 0 Å². The highest BCUT2D eigenvalue weighted by Crippen LogP contribution is 2.25. The van der Waals surface area contributed by atoms with Gasteiger partial charge >= 0.3 is 0 Å². The van der Waals surface area contributed by atoms with Crippen molar-refractivity contribution in [3.8, 4) is 0 Å². The van der Waals surface area contributed by atoms with Crippen molar-refractivity contribution in [2.45, 2.75) is 52.1 Å². The second-order valence-corrected chi connectivity index (χ2v) is 8.50. The lowest BCUT2D eigenvalue weighted by atomic mass is 10.2. The van der Waals surface area contributed by atoms with Crippen molar-refractivity contribution in [3.63, 3.8) is 0 Å². The average molecular weight is 319 g/mol. The fourth-order valence-electron chi connectivity index (χ4n) is 1.93. The number of nitrogens with one attached hydrogen (secondary N) is 1. The molecular weight excluding hydrogens is 292 g/mol. The summed E-state index contributed by atoms with van der Waals surface area (Å²) < 4.78 is 27.0. The van der Waals surface area contributed by atoms with E-state index in [1.807, 2.05) is 26.2 Å². The predicted octanol–water partition coefficient (Wildman–Crippen LogP) is 2.91. The summed E-state index contributed by atoms with van der Waals surface area (Å²) >= 11 is 1.50. The van der Waals surface area contributed by atoms with E-state index in [4.69, 9.17) is 0 Å². The molecule has 0 unspecified atom stereocenters. The number of sulfonamides is 1. The summed E-state index contributed by atoms with van der Waals surface area (Å²) in [6.45, 7) is 11.7. The number of hydrogen-bond acceptors (Lipinski definition) is 4. The van der Waals surface area contributed by atoms with Crippen molar-refractivity contribution in [3.05, 3.63) is 16.3 Å². The smallest absolute Gasteiger partial charge is 0.244 e. The molecule has 0 spiro atoms. The molecule has 1 heterocycles. The maximum atomic E-state index is 12.7. The molecule has 20 heavy (non-hydrogen) atoms. The van der Waals surface area contributed by atoms with E-state index in [1.165, 1.54) is 11.3 Å². The third-order valence-electron chi connectivity index (χ3n) is 2.91. The molecule has 1 aromatic rings. The molecule has 116 valence electrons. The number of rotatable bonds is 8. The Morgan fingerprint density at radius 3 is 2.45 bits per heavy atom. The van der Waals surface area contributed by atoms with E-state index in [0.29, 0.717) is 36.5 Å². The van der Waals surface area contributed by atoms with E-state index in [9.17, 15) is 8.42 Å². The summed E-state index contributed by atoms with van der Waals surface area (Å²) in [5, 5.41) is 5.14. The summed E-state index contributed by atoms with van der Waals surface area (Å²) in [4.78, 5) is 1.35. The zero-order chi connectivity index (χ0) is 15.3. The highest BCUT2D eigenvalue weighted by atomic mass is 32.2. The molecule has 0 fully saturated rings. The van der Waals surface area contributed by atoms with Crippen LogP contribution in [0.25, 0.3) is 0 Å². The molecule has 1 aromatic heterocycles. The predicted molar refractivity (Wildman–Crippen MR) is 85.6 cm³/mol. The van der Waals surface area contributed by atoms with Gasteiger partial charge in [0.05, 0.1) is 4.90 Å². The van der Waals surface area contributed by atoms with E-state index < -0.39 is 10.0 Å². The van der Waals surface area contributed by atoms with Crippen LogP contribution in [0.5, 0.6) is 0 Å². The van der Waals surface area contributed by atoms with Gasteiger partial charge in [0, 0.05) is 30.6 Å². The summed E-state index contributed by atoms with van der Waals surface area (Å²) in [6.07, 6.45) is 0. The second kappa shape index (κ2) is 7.54. The summed E-state index contributed by atoms with van der Waals surface area (Å²) in [6, 6.07) is 2.06. The number of hydrogen-bond donors (Lipinski definition) is 1. The van der Waals surface area contributed by atoms with E-state index in [0.717, 1.165) is 4.88 Å². The van der Waals surface area contributed by atoms with Gasteiger partial charge in [0.2, 0.25) is 10.0 Å². The minimum atomic E-state index is -3.38. The monoisotopic (exact) mass is 318 g/mol. The van der Waals surface area contributed by atoms with Crippen LogP contribution < -0.4 is 5.32 Å². The van der Waals surface area contributed by atoms with Crippen LogP contribution in [0, 0.1) is 5.92 Å². The highest BCUT2D eigenvalue weighted by Gasteiger charge is 2.27. The van der Waals surface area contributed by atoms with E-state index in [2.05, 4.69) is 19.2 Å². The van der Waals surface area contributed by atoms with Crippen molar-refractivity contribution < 1.29 is 8.42 Å². The Morgan fingerprint density at radius 1 is 1.30 bits per heavy atom. The van der Waals surface area contributed by atoms with Crippen LogP contribution in [-0.4, -0.2) is 31.9 Å². The lowest BCUT2D eigenvalue weighted by Gasteiger charge is -2.22. The maximum absolute atomic E-state index is 12.7. The Hall–Kier alpha value is -0.430. The van der Waals surface area contributed by atoms with Gasteiger partial charge in [-0.1, -0.05) is 34.6 Å². The normalized spacial score (nSPS) is 12.8. The molecule has 6 heteroatoms. The van der Waals surface area contributed by atoms with Crippen LogP contribution >= 0.6 is 11.3 Å². The van der Waals surface area contributed by atoms with Gasteiger partial charge in [-0.3, -0.25) is 0 Å². The van der Waals surface area contributed by atoms with Crippen LogP contribution in [0.4, 0.5) is 0 Å². The van der Waals surface area contributed by atoms with Gasteiger partial charge in [0.1, 0.15) is 0 Å². The Morgan fingerprint density at radius 2 is 1.95 bits per heavy atom. The first kappa shape index (κ1) is 17.6. The molecule has 0 saturated carbocycles. The summed E-state index contributed by atoms with van der Waals surface area (Å²) in [7, 11) is -3.38. The van der Waals surface area contributed by atoms with Crippen LogP contribution in [0.1, 0.15) is 39.5 Å². The quantitative estimate of drug-likeness (QED) is 0.802. The first-order valence-corrected chi connectivity index (χ1v) is 9.40. The Kier molecular flexibility index (Phi) is 6.64. The van der Waals surface area contributed by atoms with Gasteiger partial charge in [-0.15, -0.1) is 11.3 Å². The topological polar surface area (TPSA) is 49.4 Å². The molecule has 0 bridgehead atoms. The second-order valence-electron chi connectivity index (χ2n) is 5.59. The van der Waals surface area contributed by atoms with E-state index in [-0.39, 0.29) is 0 Å². The minimum Gasteiger partial charge on any atom is -0.310 e. The zero-order valence-corrected chi connectivity index (χ0v) is 14.6. The Labute approximate surface area is 127 Å². The lowest BCUT2D eigenvalue weighted by Crippen LogP contribution is -2.34. The molecule has 1 rings (SSSR count). The van der Waals surface area contributed by atoms with Crippen LogP contribution in [0.3, 0.4) is 0 Å². The van der Waals surface area contributed by atoms with E-state index in [1.54, 1.807) is 10.4 Å². The third kappa shape index (κ3) is 4.55. The number of thiophene rings is 1. The van der Waals surface area contributed by atoms with Gasteiger partial charge in [-0.05, 0) is 17.4 Å². The highest BCUT2D eigenvalue weighted by molar-refractivity contribution is 7.89. The first-order chi connectivity index (χ1) is 9.28. The van der Waals surface area contributed by atoms with Crippen molar-refractivity contribution >= 4 is 21.4 Å². The molecule has 0 radical (unpaired) electrons. The number of nitrogens with zero attached hydrogens (tertiary/aromatic N) is 1. The molecule has 0 atom stereocenters. The largest absolute Gasteiger partial charge is 0.310 e. The summed E-state index contributed by atoms with van der Waals surface area (Å²) in [5.41, 5.74) is 0. The fourth-order valence-corrected chi connectivity index (χ4v) is 4.91. The minimum absolute atomic E-state index is 0.320. The van der Waals surface area contributed by atoms with Crippen molar-refractivity contribution in [1.82, 2.24) is 9.62 Å². The molecule has 0 aliphatic heterocycles. The van der Waals surface area contributed by atoms with Crippen molar-refractivity contribution in [2.24, 2.45) is 5.92 Å². The van der Waals surface area contributed by atoms with Crippen LogP contribution in [0.15, 0.2) is 16.3 Å². The molecule has 0 aliphatic carbocycles. The maximum Gasteiger partial charge on any atom is 0.244 e. The van der Waals surface area contributed by atoms with E-state index >= 15 is 0 Å². The molecule has 4 nitrogen and oxygen atoms in total. The molecule has 1 N–H and O–H groups in total.